The summed E-state index contributed by atoms with van der Waals surface area (Å²) in [6.45, 7) is 2.19. The van der Waals surface area contributed by atoms with Crippen molar-refractivity contribution >= 4 is 40.9 Å². The lowest BCUT2D eigenvalue weighted by Crippen LogP contribution is -2.30. The smallest absolute Gasteiger partial charge is 0.243 e. The van der Waals surface area contributed by atoms with Crippen LogP contribution in [0.15, 0.2) is 23.1 Å². The minimum atomic E-state index is -0.417. The molecule has 6 heteroatoms. The first-order chi connectivity index (χ1) is 8.54. The standard InChI is InChI=1S/C12H13ClN2O2S/c1-2-15-10(16)6-9(12(15)17)18-11-7(13)4-3-5-8(11)14/h3-5,9H,2,6,14H2,1H3. The molecule has 1 unspecified atom stereocenters. The lowest BCUT2D eigenvalue weighted by atomic mass is 10.3. The van der Waals surface area contributed by atoms with Gasteiger partial charge in [0.2, 0.25) is 11.8 Å². The Hall–Kier alpha value is -1.20. The van der Waals surface area contributed by atoms with Gasteiger partial charge in [-0.1, -0.05) is 17.7 Å². The number of hydrogen-bond acceptors (Lipinski definition) is 4. The molecule has 1 aromatic carbocycles. The molecule has 0 aliphatic carbocycles. The lowest BCUT2D eigenvalue weighted by Gasteiger charge is -2.13. The Morgan fingerprint density at radius 3 is 2.78 bits per heavy atom. The molecular formula is C12H13ClN2O2S. The molecule has 2 N–H and O–H groups in total. The highest BCUT2D eigenvalue weighted by Gasteiger charge is 2.38. The van der Waals surface area contributed by atoms with Crippen molar-refractivity contribution in [2.45, 2.75) is 23.5 Å². The second-order valence-corrected chi connectivity index (χ2v) is 5.57. The third-order valence-electron chi connectivity index (χ3n) is 2.78. The maximum atomic E-state index is 12.0. The van der Waals surface area contributed by atoms with Crippen molar-refractivity contribution in [3.05, 3.63) is 23.2 Å². The number of amides is 2. The molecule has 18 heavy (non-hydrogen) atoms. The summed E-state index contributed by atoms with van der Waals surface area (Å²) in [7, 11) is 0. The number of likely N-dealkylation sites (tertiary alicyclic amines) is 1. The highest BCUT2D eigenvalue weighted by Crippen LogP contribution is 2.38. The van der Waals surface area contributed by atoms with Gasteiger partial charge in [0.25, 0.3) is 0 Å². The van der Waals surface area contributed by atoms with Gasteiger partial charge >= 0.3 is 0 Å². The number of nitrogens with zero attached hydrogens (tertiary/aromatic N) is 1. The van der Waals surface area contributed by atoms with Gasteiger partial charge in [0, 0.05) is 23.5 Å². The number of anilines is 1. The molecule has 1 atom stereocenters. The Bertz CT molecular complexity index is 487. The van der Waals surface area contributed by atoms with Gasteiger partial charge in [-0.2, -0.15) is 0 Å². The quantitative estimate of drug-likeness (QED) is 0.682. The Morgan fingerprint density at radius 1 is 1.50 bits per heavy atom. The third kappa shape index (κ3) is 2.33. The van der Waals surface area contributed by atoms with Gasteiger partial charge in [0.05, 0.1) is 10.3 Å². The Kier molecular flexibility index (Phi) is 3.82. The summed E-state index contributed by atoms with van der Waals surface area (Å²) in [5.41, 5.74) is 6.36. The number of rotatable bonds is 3. The fraction of sp³-hybridized carbons (Fsp3) is 0.333. The number of nitrogen functional groups attached to an aromatic ring is 1. The van der Waals surface area contributed by atoms with E-state index in [1.807, 2.05) is 0 Å². The zero-order valence-electron chi connectivity index (χ0n) is 9.85. The van der Waals surface area contributed by atoms with Gasteiger partial charge < -0.3 is 5.73 Å². The fourth-order valence-corrected chi connectivity index (χ4v) is 3.31. The van der Waals surface area contributed by atoms with E-state index in [9.17, 15) is 9.59 Å². The van der Waals surface area contributed by atoms with Crippen molar-refractivity contribution in [3.63, 3.8) is 0 Å². The molecule has 1 aromatic rings. The number of carbonyl (C=O) groups excluding carboxylic acids is 2. The van der Waals surface area contributed by atoms with E-state index in [-0.39, 0.29) is 18.2 Å². The van der Waals surface area contributed by atoms with Gasteiger partial charge in [-0.15, -0.1) is 11.8 Å². The minimum Gasteiger partial charge on any atom is -0.398 e. The van der Waals surface area contributed by atoms with Crippen molar-refractivity contribution in [2.75, 3.05) is 12.3 Å². The number of imide groups is 1. The first kappa shape index (κ1) is 13.2. The summed E-state index contributed by atoms with van der Waals surface area (Å²) in [6.07, 6.45) is 0.210. The average Bonchev–Trinajstić information content (AvgIpc) is 2.59. The van der Waals surface area contributed by atoms with Crippen molar-refractivity contribution in [3.8, 4) is 0 Å². The molecular weight excluding hydrogens is 272 g/mol. The van der Waals surface area contributed by atoms with Gasteiger partial charge in [-0.05, 0) is 19.1 Å². The van der Waals surface area contributed by atoms with Crippen LogP contribution in [-0.4, -0.2) is 28.5 Å². The molecule has 0 bridgehead atoms. The summed E-state index contributed by atoms with van der Waals surface area (Å²) in [4.78, 5) is 25.5. The molecule has 1 fully saturated rings. The van der Waals surface area contributed by atoms with Crippen LogP contribution in [0.25, 0.3) is 0 Å². The summed E-state index contributed by atoms with van der Waals surface area (Å²) < 4.78 is 0. The normalized spacial score (nSPS) is 19.7. The van der Waals surface area contributed by atoms with Crippen LogP contribution in [-0.2, 0) is 9.59 Å². The van der Waals surface area contributed by atoms with Crippen molar-refractivity contribution in [1.82, 2.24) is 4.90 Å². The Morgan fingerprint density at radius 2 is 2.22 bits per heavy atom. The molecule has 1 saturated heterocycles. The fourth-order valence-electron chi connectivity index (χ4n) is 1.87. The van der Waals surface area contributed by atoms with Crippen LogP contribution in [0.3, 0.4) is 0 Å². The molecule has 2 rings (SSSR count). The van der Waals surface area contributed by atoms with Gasteiger partial charge in [0.1, 0.15) is 0 Å². The zero-order valence-corrected chi connectivity index (χ0v) is 11.4. The largest absolute Gasteiger partial charge is 0.398 e. The van der Waals surface area contributed by atoms with Crippen molar-refractivity contribution < 1.29 is 9.59 Å². The number of hydrogen-bond donors (Lipinski definition) is 1. The highest BCUT2D eigenvalue weighted by atomic mass is 35.5. The van der Waals surface area contributed by atoms with E-state index in [0.29, 0.717) is 22.2 Å². The van der Waals surface area contributed by atoms with Crippen LogP contribution in [0, 0.1) is 0 Å². The molecule has 4 nitrogen and oxygen atoms in total. The molecule has 0 spiro atoms. The van der Waals surface area contributed by atoms with Crippen LogP contribution in [0.2, 0.25) is 5.02 Å². The van der Waals surface area contributed by atoms with Gasteiger partial charge in [-0.25, -0.2) is 0 Å². The topological polar surface area (TPSA) is 63.4 Å². The summed E-state index contributed by atoms with van der Waals surface area (Å²) in [5.74, 6) is -0.294. The van der Waals surface area contributed by atoms with Crippen LogP contribution in [0.4, 0.5) is 5.69 Å². The van der Waals surface area contributed by atoms with Gasteiger partial charge in [-0.3, -0.25) is 14.5 Å². The van der Waals surface area contributed by atoms with Gasteiger partial charge in [0.15, 0.2) is 0 Å². The average molecular weight is 285 g/mol. The molecule has 1 aliphatic rings. The van der Waals surface area contributed by atoms with Crippen LogP contribution in [0.5, 0.6) is 0 Å². The van der Waals surface area contributed by atoms with E-state index < -0.39 is 5.25 Å². The SMILES string of the molecule is CCN1C(=O)CC(Sc2c(N)cccc2Cl)C1=O. The molecule has 96 valence electrons. The maximum absolute atomic E-state index is 12.0. The second kappa shape index (κ2) is 5.20. The van der Waals surface area contributed by atoms with Crippen molar-refractivity contribution in [1.29, 1.82) is 0 Å². The van der Waals surface area contributed by atoms with E-state index in [1.54, 1.807) is 25.1 Å². The predicted octanol–water partition coefficient (Wildman–Crippen LogP) is 2.16. The first-order valence-electron chi connectivity index (χ1n) is 5.59. The lowest BCUT2D eigenvalue weighted by molar-refractivity contribution is -0.137. The minimum absolute atomic E-state index is 0.134. The van der Waals surface area contributed by atoms with Crippen LogP contribution in [0.1, 0.15) is 13.3 Å². The number of benzene rings is 1. The van der Waals surface area contributed by atoms with Crippen LogP contribution >= 0.6 is 23.4 Å². The van der Waals surface area contributed by atoms with Crippen LogP contribution < -0.4 is 5.73 Å². The Labute approximate surface area is 114 Å². The van der Waals surface area contributed by atoms with Crippen molar-refractivity contribution in [2.24, 2.45) is 0 Å². The third-order valence-corrected chi connectivity index (χ3v) is 4.55. The van der Waals surface area contributed by atoms with E-state index in [0.717, 1.165) is 0 Å². The monoisotopic (exact) mass is 284 g/mol. The molecule has 0 aromatic heterocycles. The van der Waals surface area contributed by atoms with E-state index in [4.69, 9.17) is 17.3 Å². The first-order valence-corrected chi connectivity index (χ1v) is 6.85. The van der Waals surface area contributed by atoms with E-state index in [1.165, 1.54) is 16.7 Å². The second-order valence-electron chi connectivity index (χ2n) is 3.95. The summed E-state index contributed by atoms with van der Waals surface area (Å²) in [5, 5.41) is 0.0925. The number of thioether (sulfide) groups is 1. The zero-order chi connectivity index (χ0) is 13.3. The van der Waals surface area contributed by atoms with E-state index in [2.05, 4.69) is 0 Å². The molecule has 1 aliphatic heterocycles. The maximum Gasteiger partial charge on any atom is 0.243 e. The molecule has 0 saturated carbocycles. The molecule has 2 amide bonds. The number of carbonyl (C=O) groups is 2. The number of nitrogens with two attached hydrogens (primary N) is 1. The number of halogens is 1. The summed E-state index contributed by atoms with van der Waals surface area (Å²) >= 11 is 7.32. The highest BCUT2D eigenvalue weighted by molar-refractivity contribution is 8.01. The molecule has 0 radical (unpaired) electrons. The summed E-state index contributed by atoms with van der Waals surface area (Å²) in [6, 6.07) is 5.20. The predicted molar refractivity (Wildman–Crippen MR) is 72.5 cm³/mol. The molecule has 1 heterocycles. The Balaban J connectivity index is 2.21. The van der Waals surface area contributed by atoms with E-state index >= 15 is 0 Å².